The van der Waals surface area contributed by atoms with E-state index in [9.17, 15) is 5.11 Å². The lowest BCUT2D eigenvalue weighted by Crippen LogP contribution is -2.35. The van der Waals surface area contributed by atoms with Crippen LogP contribution in [0.1, 0.15) is 26.3 Å². The van der Waals surface area contributed by atoms with Crippen LogP contribution in [0.3, 0.4) is 0 Å². The highest BCUT2D eigenvalue weighted by Gasteiger charge is 2.17. The molecule has 0 aliphatic carbocycles. The Balaban J connectivity index is 2.43. The lowest BCUT2D eigenvalue weighted by Gasteiger charge is -2.20. The van der Waals surface area contributed by atoms with Crippen molar-refractivity contribution in [1.82, 2.24) is 5.32 Å². The van der Waals surface area contributed by atoms with E-state index in [-0.39, 0.29) is 5.41 Å². The Labute approximate surface area is 103 Å². The molecule has 0 amide bonds. The monoisotopic (exact) mass is 232 g/mol. The second-order valence-electron chi connectivity index (χ2n) is 5.15. The number of nitriles is 1. The number of aromatic hydroxyl groups is 1. The first-order valence-electron chi connectivity index (χ1n) is 5.85. The number of nitrogens with one attached hydrogen (secondary N) is 1. The number of benzene rings is 1. The van der Waals surface area contributed by atoms with Crippen LogP contribution < -0.4 is 5.32 Å². The van der Waals surface area contributed by atoms with Gasteiger partial charge in [0, 0.05) is 12.6 Å². The van der Waals surface area contributed by atoms with Gasteiger partial charge in [-0.15, -0.1) is 0 Å². The summed E-state index contributed by atoms with van der Waals surface area (Å²) in [6.07, 6.45) is 0.891. The van der Waals surface area contributed by atoms with Crippen LogP contribution in [0, 0.1) is 16.7 Å². The predicted octanol–water partition coefficient (Wildman–Crippen LogP) is 2.46. The Kier molecular flexibility index (Phi) is 4.53. The average molecular weight is 232 g/mol. The first kappa shape index (κ1) is 13.5. The fraction of sp³-hybridized carbons (Fsp3) is 0.500. The van der Waals surface area contributed by atoms with Crippen LogP contribution in [0.5, 0.6) is 5.75 Å². The molecule has 17 heavy (non-hydrogen) atoms. The maximum Gasteiger partial charge on any atom is 0.115 e. The van der Waals surface area contributed by atoms with Crippen LogP contribution in [0.25, 0.3) is 0 Å². The van der Waals surface area contributed by atoms with Gasteiger partial charge in [0.05, 0.1) is 11.5 Å². The van der Waals surface area contributed by atoms with Crippen molar-refractivity contribution in [2.24, 2.45) is 5.41 Å². The molecule has 0 saturated carbocycles. The highest BCUT2D eigenvalue weighted by molar-refractivity contribution is 5.26. The molecular formula is C14H20N2O. The molecule has 0 radical (unpaired) electrons. The minimum atomic E-state index is -0.330. The van der Waals surface area contributed by atoms with Gasteiger partial charge in [-0.1, -0.05) is 12.1 Å². The Morgan fingerprint density at radius 1 is 1.35 bits per heavy atom. The van der Waals surface area contributed by atoms with E-state index in [2.05, 4.69) is 18.3 Å². The molecule has 1 aromatic carbocycles. The van der Waals surface area contributed by atoms with Gasteiger partial charge < -0.3 is 10.4 Å². The SMILES string of the molecule is CC(Cc1ccc(O)cc1)NCC(C)(C)C#N. The van der Waals surface area contributed by atoms with E-state index in [1.807, 2.05) is 26.0 Å². The van der Waals surface area contributed by atoms with Gasteiger partial charge >= 0.3 is 0 Å². The normalized spacial score (nSPS) is 13.1. The zero-order valence-electron chi connectivity index (χ0n) is 10.7. The molecule has 0 bridgehead atoms. The van der Waals surface area contributed by atoms with E-state index < -0.39 is 0 Å². The largest absolute Gasteiger partial charge is 0.508 e. The number of nitrogens with zero attached hydrogens (tertiary/aromatic N) is 1. The molecule has 1 unspecified atom stereocenters. The molecule has 1 rings (SSSR count). The van der Waals surface area contributed by atoms with Crippen molar-refractivity contribution in [2.45, 2.75) is 33.2 Å². The Morgan fingerprint density at radius 2 is 1.94 bits per heavy atom. The highest BCUT2D eigenvalue weighted by atomic mass is 16.3. The molecule has 0 fully saturated rings. The van der Waals surface area contributed by atoms with Crippen molar-refractivity contribution in [3.63, 3.8) is 0 Å². The van der Waals surface area contributed by atoms with Gasteiger partial charge in [-0.25, -0.2) is 0 Å². The molecular weight excluding hydrogens is 212 g/mol. The lowest BCUT2D eigenvalue weighted by atomic mass is 9.95. The number of phenols is 1. The van der Waals surface area contributed by atoms with Gasteiger partial charge in [0.1, 0.15) is 5.75 Å². The molecule has 3 heteroatoms. The van der Waals surface area contributed by atoms with Crippen molar-refractivity contribution in [2.75, 3.05) is 6.54 Å². The molecule has 0 aliphatic heterocycles. The number of hydrogen-bond donors (Lipinski definition) is 2. The van der Waals surface area contributed by atoms with Gasteiger partial charge in [-0.2, -0.15) is 5.26 Å². The summed E-state index contributed by atoms with van der Waals surface area (Å²) in [7, 11) is 0. The molecule has 92 valence electrons. The smallest absolute Gasteiger partial charge is 0.115 e. The maximum atomic E-state index is 9.18. The van der Waals surface area contributed by atoms with E-state index in [1.165, 1.54) is 5.56 Å². The fourth-order valence-electron chi connectivity index (χ4n) is 1.53. The third kappa shape index (κ3) is 4.88. The summed E-state index contributed by atoms with van der Waals surface area (Å²) in [6.45, 7) is 6.63. The standard InChI is InChI=1S/C14H20N2O/c1-11(16-10-14(2,3)9-15)8-12-4-6-13(17)7-5-12/h4-7,11,16-17H,8,10H2,1-3H3. The fourth-order valence-corrected chi connectivity index (χ4v) is 1.53. The second-order valence-corrected chi connectivity index (χ2v) is 5.15. The minimum Gasteiger partial charge on any atom is -0.508 e. The minimum absolute atomic E-state index is 0.292. The van der Waals surface area contributed by atoms with Crippen LogP contribution in [-0.2, 0) is 6.42 Å². The van der Waals surface area contributed by atoms with Crippen LogP contribution in [-0.4, -0.2) is 17.7 Å². The second kappa shape index (κ2) is 5.70. The van der Waals surface area contributed by atoms with Gasteiger partial charge in [-0.3, -0.25) is 0 Å². The zero-order valence-corrected chi connectivity index (χ0v) is 10.7. The quantitative estimate of drug-likeness (QED) is 0.820. The van der Waals surface area contributed by atoms with Crippen LogP contribution in [0.2, 0.25) is 0 Å². The molecule has 0 aromatic heterocycles. The van der Waals surface area contributed by atoms with Crippen molar-refractivity contribution < 1.29 is 5.11 Å². The third-order valence-electron chi connectivity index (χ3n) is 2.67. The average Bonchev–Trinajstić information content (AvgIpc) is 2.30. The highest BCUT2D eigenvalue weighted by Crippen LogP contribution is 2.13. The van der Waals surface area contributed by atoms with Gasteiger partial charge in [-0.05, 0) is 44.9 Å². The van der Waals surface area contributed by atoms with Crippen molar-refractivity contribution in [1.29, 1.82) is 5.26 Å². The Morgan fingerprint density at radius 3 is 2.47 bits per heavy atom. The van der Waals surface area contributed by atoms with Crippen LogP contribution in [0.4, 0.5) is 0 Å². The van der Waals surface area contributed by atoms with Crippen LogP contribution in [0.15, 0.2) is 24.3 Å². The molecule has 2 N–H and O–H groups in total. The van der Waals surface area contributed by atoms with E-state index >= 15 is 0 Å². The zero-order chi connectivity index (χ0) is 12.9. The third-order valence-corrected chi connectivity index (χ3v) is 2.67. The van der Waals surface area contributed by atoms with Gasteiger partial charge in [0.15, 0.2) is 0 Å². The topological polar surface area (TPSA) is 56.0 Å². The van der Waals surface area contributed by atoms with Crippen LogP contribution >= 0.6 is 0 Å². The Hall–Kier alpha value is -1.53. The first-order valence-corrected chi connectivity index (χ1v) is 5.85. The number of hydrogen-bond acceptors (Lipinski definition) is 3. The van der Waals surface area contributed by atoms with Crippen molar-refractivity contribution in [3.8, 4) is 11.8 Å². The van der Waals surface area contributed by atoms with Gasteiger partial charge in [0.25, 0.3) is 0 Å². The van der Waals surface area contributed by atoms with E-state index in [0.717, 1.165) is 6.42 Å². The molecule has 1 atom stereocenters. The van der Waals surface area contributed by atoms with Crippen molar-refractivity contribution in [3.05, 3.63) is 29.8 Å². The molecule has 0 aliphatic rings. The molecule has 1 aromatic rings. The summed E-state index contributed by atoms with van der Waals surface area (Å²) in [5.74, 6) is 0.292. The summed E-state index contributed by atoms with van der Waals surface area (Å²) >= 11 is 0. The molecule has 0 heterocycles. The first-order chi connectivity index (χ1) is 7.93. The summed E-state index contributed by atoms with van der Waals surface area (Å²) in [5.41, 5.74) is 0.848. The molecule has 0 spiro atoms. The Bertz CT molecular complexity index is 390. The summed E-state index contributed by atoms with van der Waals surface area (Å²) in [5, 5.41) is 21.4. The maximum absolute atomic E-state index is 9.18. The summed E-state index contributed by atoms with van der Waals surface area (Å²) in [4.78, 5) is 0. The van der Waals surface area contributed by atoms with Crippen molar-refractivity contribution >= 4 is 0 Å². The van der Waals surface area contributed by atoms with Gasteiger partial charge in [0.2, 0.25) is 0 Å². The predicted molar refractivity (Wildman–Crippen MR) is 68.7 cm³/mol. The van der Waals surface area contributed by atoms with E-state index in [0.29, 0.717) is 18.3 Å². The molecule has 3 nitrogen and oxygen atoms in total. The number of rotatable bonds is 5. The number of phenolic OH excluding ortho intramolecular Hbond substituents is 1. The summed E-state index contributed by atoms with van der Waals surface area (Å²) < 4.78 is 0. The van der Waals surface area contributed by atoms with E-state index in [4.69, 9.17) is 5.26 Å². The summed E-state index contributed by atoms with van der Waals surface area (Å²) in [6, 6.07) is 9.82. The molecule has 0 saturated heterocycles. The lowest BCUT2D eigenvalue weighted by molar-refractivity contribution is 0.409. The van der Waals surface area contributed by atoms with E-state index in [1.54, 1.807) is 12.1 Å².